The highest BCUT2D eigenvalue weighted by atomic mass is 79.9. The lowest BCUT2D eigenvalue weighted by atomic mass is 10.2. The second kappa shape index (κ2) is 12.7. The summed E-state index contributed by atoms with van der Waals surface area (Å²) in [7, 11) is 1.47. The summed E-state index contributed by atoms with van der Waals surface area (Å²) in [6, 6.07) is 6.94. The van der Waals surface area contributed by atoms with Gasteiger partial charge in [0.2, 0.25) is 0 Å². The molecular formula is C19H24BrN5O6. The molecule has 1 heterocycles. The van der Waals surface area contributed by atoms with Crippen molar-refractivity contribution in [2.45, 2.75) is 0 Å². The van der Waals surface area contributed by atoms with E-state index >= 15 is 0 Å². The fraction of sp³-hybridized carbons (Fsp3) is 0.368. The predicted molar refractivity (Wildman–Crippen MR) is 116 cm³/mol. The summed E-state index contributed by atoms with van der Waals surface area (Å²) >= 11 is 3.16. The molecule has 0 aliphatic heterocycles. The molecule has 1 aromatic heterocycles. The molecule has 0 bridgehead atoms. The van der Waals surface area contributed by atoms with Crippen LogP contribution in [0.25, 0.3) is 0 Å². The number of likely N-dealkylation sites (N-methyl/N-ethyl adjacent to an activating group) is 1. The van der Waals surface area contributed by atoms with Crippen molar-refractivity contribution in [3.63, 3.8) is 0 Å². The average molecular weight is 498 g/mol. The van der Waals surface area contributed by atoms with E-state index in [4.69, 9.17) is 25.1 Å². The van der Waals surface area contributed by atoms with E-state index in [1.54, 1.807) is 24.3 Å². The maximum Gasteiger partial charge on any atom is 0.407 e. The Morgan fingerprint density at radius 3 is 2.58 bits per heavy atom. The van der Waals surface area contributed by atoms with Crippen LogP contribution in [-0.4, -0.2) is 78.6 Å². The highest BCUT2D eigenvalue weighted by Gasteiger charge is 2.15. The SMILES string of the molecule is CN(CCOCCOCCOc1ccccc1NC(=O)c1nc(Br)cnc1N)C(=O)O. The molecule has 2 amide bonds. The minimum Gasteiger partial charge on any atom is -0.489 e. The number of benzene rings is 1. The van der Waals surface area contributed by atoms with Gasteiger partial charge >= 0.3 is 6.09 Å². The van der Waals surface area contributed by atoms with Crippen molar-refractivity contribution in [3.8, 4) is 5.75 Å². The zero-order valence-corrected chi connectivity index (χ0v) is 18.5. The smallest absolute Gasteiger partial charge is 0.407 e. The number of nitrogen functional groups attached to an aromatic ring is 1. The van der Waals surface area contributed by atoms with Crippen molar-refractivity contribution in [2.24, 2.45) is 0 Å². The van der Waals surface area contributed by atoms with Gasteiger partial charge in [-0.1, -0.05) is 12.1 Å². The Hall–Kier alpha value is -2.96. The summed E-state index contributed by atoms with van der Waals surface area (Å²) in [4.78, 5) is 32.2. The van der Waals surface area contributed by atoms with Gasteiger partial charge in [-0.15, -0.1) is 0 Å². The highest BCUT2D eigenvalue weighted by molar-refractivity contribution is 9.10. The summed E-state index contributed by atoms with van der Waals surface area (Å²) in [6.07, 6.45) is 0.407. The van der Waals surface area contributed by atoms with E-state index < -0.39 is 12.0 Å². The Morgan fingerprint density at radius 2 is 1.84 bits per heavy atom. The molecule has 0 aliphatic carbocycles. The molecule has 11 nitrogen and oxygen atoms in total. The Bertz CT molecular complexity index is 885. The standard InChI is InChI=1S/C19H24BrN5O6/c1-25(19(27)28)6-7-29-8-9-30-10-11-31-14-5-3-2-4-13(14)23-18(26)16-17(21)22-12-15(20)24-16/h2-5,12H,6-11H2,1H3,(H2,21,22)(H,23,26)(H,27,28). The first-order valence-electron chi connectivity index (χ1n) is 9.29. The lowest BCUT2D eigenvalue weighted by molar-refractivity contribution is 0.0314. The number of nitrogens with two attached hydrogens (primary N) is 1. The van der Waals surface area contributed by atoms with E-state index in [1.807, 2.05) is 0 Å². The lowest BCUT2D eigenvalue weighted by Gasteiger charge is -2.14. The molecule has 0 atom stereocenters. The number of para-hydroxylation sites is 2. The molecular weight excluding hydrogens is 474 g/mol. The van der Waals surface area contributed by atoms with Gasteiger partial charge in [-0.2, -0.15) is 0 Å². The molecule has 2 aromatic rings. The lowest BCUT2D eigenvalue weighted by Crippen LogP contribution is -2.28. The molecule has 0 aliphatic rings. The molecule has 0 saturated heterocycles. The minimum absolute atomic E-state index is 0.00191. The average Bonchev–Trinajstić information content (AvgIpc) is 2.74. The van der Waals surface area contributed by atoms with Gasteiger partial charge < -0.3 is 35.3 Å². The maximum absolute atomic E-state index is 12.5. The van der Waals surface area contributed by atoms with Gasteiger partial charge in [0.25, 0.3) is 5.91 Å². The number of halogens is 1. The normalized spacial score (nSPS) is 10.5. The van der Waals surface area contributed by atoms with Crippen LogP contribution in [0.2, 0.25) is 0 Å². The Labute approximate surface area is 187 Å². The summed E-state index contributed by atoms with van der Waals surface area (Å²) in [5.41, 5.74) is 6.19. The van der Waals surface area contributed by atoms with Gasteiger partial charge in [0.1, 0.15) is 17.0 Å². The predicted octanol–water partition coefficient (Wildman–Crippen LogP) is 2.10. The molecule has 0 spiro atoms. The van der Waals surface area contributed by atoms with Crippen LogP contribution in [0.15, 0.2) is 35.1 Å². The number of carbonyl (C=O) groups excluding carboxylic acids is 1. The zero-order valence-electron chi connectivity index (χ0n) is 16.9. The van der Waals surface area contributed by atoms with Crippen LogP contribution in [0.3, 0.4) is 0 Å². The minimum atomic E-state index is -0.999. The maximum atomic E-state index is 12.5. The van der Waals surface area contributed by atoms with Gasteiger partial charge in [0.05, 0.1) is 38.3 Å². The van der Waals surface area contributed by atoms with E-state index in [0.717, 1.165) is 4.90 Å². The molecule has 0 fully saturated rings. The van der Waals surface area contributed by atoms with Crippen LogP contribution in [0, 0.1) is 0 Å². The largest absolute Gasteiger partial charge is 0.489 e. The number of aromatic nitrogens is 2. The molecule has 4 N–H and O–H groups in total. The Morgan fingerprint density at radius 1 is 1.16 bits per heavy atom. The first-order chi connectivity index (χ1) is 14.9. The fourth-order valence-corrected chi connectivity index (χ4v) is 2.53. The van der Waals surface area contributed by atoms with Crippen molar-refractivity contribution in [1.29, 1.82) is 0 Å². The van der Waals surface area contributed by atoms with Gasteiger partial charge in [-0.25, -0.2) is 14.8 Å². The summed E-state index contributed by atoms with van der Waals surface area (Å²) in [6.45, 7) is 1.84. The molecule has 0 saturated carbocycles. The van der Waals surface area contributed by atoms with Crippen molar-refractivity contribution < 1.29 is 28.9 Å². The topological polar surface area (TPSA) is 149 Å². The number of carbonyl (C=O) groups is 2. The van der Waals surface area contributed by atoms with E-state index in [9.17, 15) is 9.59 Å². The third-order valence-corrected chi connectivity index (χ3v) is 4.26. The Balaban J connectivity index is 1.72. The van der Waals surface area contributed by atoms with E-state index in [2.05, 4.69) is 31.2 Å². The second-order valence-corrected chi connectivity index (χ2v) is 6.97. The summed E-state index contributed by atoms with van der Waals surface area (Å²) < 4.78 is 16.8. The molecule has 2 rings (SSSR count). The van der Waals surface area contributed by atoms with Gasteiger partial charge in [-0.05, 0) is 28.1 Å². The molecule has 31 heavy (non-hydrogen) atoms. The third-order valence-electron chi connectivity index (χ3n) is 3.88. The van der Waals surface area contributed by atoms with Crippen LogP contribution in [-0.2, 0) is 9.47 Å². The van der Waals surface area contributed by atoms with E-state index in [0.29, 0.717) is 42.5 Å². The number of carboxylic acid groups (broad SMARTS) is 1. The van der Waals surface area contributed by atoms with Crippen LogP contribution in [0.5, 0.6) is 5.75 Å². The number of hydrogen-bond acceptors (Lipinski definition) is 8. The third kappa shape index (κ3) is 8.36. The number of nitrogens with zero attached hydrogens (tertiary/aromatic N) is 3. The van der Waals surface area contributed by atoms with Crippen LogP contribution < -0.4 is 15.8 Å². The van der Waals surface area contributed by atoms with Crippen LogP contribution in [0.1, 0.15) is 10.5 Å². The van der Waals surface area contributed by atoms with Crippen molar-refractivity contribution in [1.82, 2.24) is 14.9 Å². The highest BCUT2D eigenvalue weighted by Crippen LogP contribution is 2.24. The summed E-state index contributed by atoms with van der Waals surface area (Å²) in [5.74, 6) is -0.0254. The van der Waals surface area contributed by atoms with Gasteiger partial charge in [-0.3, -0.25) is 4.79 Å². The van der Waals surface area contributed by atoms with Gasteiger partial charge in [0.15, 0.2) is 11.5 Å². The zero-order chi connectivity index (χ0) is 22.6. The first kappa shape index (κ1) is 24.3. The molecule has 0 radical (unpaired) electrons. The second-order valence-electron chi connectivity index (χ2n) is 6.15. The fourth-order valence-electron chi connectivity index (χ4n) is 2.25. The van der Waals surface area contributed by atoms with Crippen molar-refractivity contribution >= 4 is 39.4 Å². The number of anilines is 2. The van der Waals surface area contributed by atoms with Gasteiger partial charge in [0, 0.05) is 13.6 Å². The molecule has 168 valence electrons. The van der Waals surface area contributed by atoms with Crippen LogP contribution in [0.4, 0.5) is 16.3 Å². The van der Waals surface area contributed by atoms with Crippen molar-refractivity contribution in [3.05, 3.63) is 40.8 Å². The summed E-state index contributed by atoms with van der Waals surface area (Å²) in [5, 5.41) is 11.4. The first-order valence-corrected chi connectivity index (χ1v) is 10.1. The van der Waals surface area contributed by atoms with E-state index in [-0.39, 0.29) is 24.7 Å². The number of ether oxygens (including phenoxy) is 3. The molecule has 1 aromatic carbocycles. The molecule has 12 heteroatoms. The van der Waals surface area contributed by atoms with Crippen LogP contribution >= 0.6 is 15.9 Å². The van der Waals surface area contributed by atoms with Crippen molar-refractivity contribution in [2.75, 3.05) is 57.7 Å². The number of rotatable bonds is 12. The number of hydrogen-bond donors (Lipinski definition) is 3. The number of amides is 2. The quantitative estimate of drug-likeness (QED) is 0.374. The molecule has 0 unspecified atom stereocenters. The Kier molecular flexibility index (Phi) is 9.94. The number of nitrogens with one attached hydrogen (secondary N) is 1. The van der Waals surface area contributed by atoms with E-state index in [1.165, 1.54) is 13.2 Å². The monoisotopic (exact) mass is 497 g/mol.